The molecule has 6 heteroatoms. The summed E-state index contributed by atoms with van der Waals surface area (Å²) < 4.78 is 14.0. The minimum Gasteiger partial charge on any atom is -0.207 e. The molecule has 0 bridgehead atoms. The van der Waals surface area contributed by atoms with E-state index in [-0.39, 0.29) is 5.82 Å². The summed E-state index contributed by atoms with van der Waals surface area (Å²) in [6.07, 6.45) is 0. The van der Waals surface area contributed by atoms with E-state index in [1.165, 1.54) is 23.5 Å². The van der Waals surface area contributed by atoms with Crippen molar-refractivity contribution in [2.24, 2.45) is 0 Å². The summed E-state index contributed by atoms with van der Waals surface area (Å²) >= 11 is 8.99. The van der Waals surface area contributed by atoms with E-state index >= 15 is 0 Å². The predicted octanol–water partition coefficient (Wildman–Crippen LogP) is 3.60. The molecule has 1 heterocycles. The summed E-state index contributed by atoms with van der Waals surface area (Å²) in [7, 11) is 0. The van der Waals surface area contributed by atoms with Crippen molar-refractivity contribution in [3.63, 3.8) is 0 Å². The predicted molar refractivity (Wildman–Crippen MR) is 63.0 cm³/mol. The Hall–Kier alpha value is -0.270. The van der Waals surface area contributed by atoms with Gasteiger partial charge in [0.1, 0.15) is 10.8 Å². The van der Waals surface area contributed by atoms with Gasteiger partial charge in [0, 0.05) is 9.13 Å². The molecule has 14 heavy (non-hydrogen) atoms. The highest BCUT2D eigenvalue weighted by molar-refractivity contribution is 14.1. The zero-order valence-corrected chi connectivity index (χ0v) is 10.4. The summed E-state index contributed by atoms with van der Waals surface area (Å²) in [5.74, 6) is -0.256. The Balaban J connectivity index is 2.52. The lowest BCUT2D eigenvalue weighted by Gasteiger charge is -1.98. The summed E-state index contributed by atoms with van der Waals surface area (Å²) in [6, 6.07) is 4.52. The Labute approximate surface area is 102 Å². The van der Waals surface area contributed by atoms with E-state index in [2.05, 4.69) is 32.8 Å². The van der Waals surface area contributed by atoms with Gasteiger partial charge in [-0.2, -0.15) is 0 Å². The van der Waals surface area contributed by atoms with Crippen LogP contribution in [0.2, 0.25) is 4.47 Å². The largest absolute Gasteiger partial charge is 0.207 e. The fourth-order valence-electron chi connectivity index (χ4n) is 0.977. The second-order valence-corrected chi connectivity index (χ2v) is 5.21. The molecule has 1 aromatic carbocycles. The van der Waals surface area contributed by atoms with Gasteiger partial charge < -0.3 is 0 Å². The van der Waals surface area contributed by atoms with E-state index in [1.807, 2.05) is 0 Å². The third-order valence-corrected chi connectivity index (χ3v) is 3.51. The number of aromatic nitrogens is 2. The normalized spacial score (nSPS) is 10.5. The second-order valence-electron chi connectivity index (χ2n) is 2.48. The number of halogens is 3. The van der Waals surface area contributed by atoms with Gasteiger partial charge in [-0.15, -0.1) is 10.2 Å². The van der Waals surface area contributed by atoms with Gasteiger partial charge in [-0.3, -0.25) is 0 Å². The van der Waals surface area contributed by atoms with Gasteiger partial charge in [0.15, 0.2) is 0 Å². The van der Waals surface area contributed by atoms with Crippen LogP contribution in [0.5, 0.6) is 0 Å². The topological polar surface area (TPSA) is 25.8 Å². The lowest BCUT2D eigenvalue weighted by atomic mass is 10.2. The average molecular weight is 341 g/mol. The monoisotopic (exact) mass is 340 g/mol. The first kappa shape index (κ1) is 10.3. The SMILES string of the molecule is Fc1ccc(-c2nnc(Cl)s2)c(I)c1. The quantitative estimate of drug-likeness (QED) is 0.741. The van der Waals surface area contributed by atoms with Gasteiger partial charge in [-0.05, 0) is 52.4 Å². The molecule has 1 aromatic heterocycles. The fourth-order valence-corrected chi connectivity index (χ4v) is 2.76. The molecule has 2 rings (SSSR count). The molecule has 0 saturated carbocycles. The first-order chi connectivity index (χ1) is 6.66. The highest BCUT2D eigenvalue weighted by atomic mass is 127. The molecule has 0 aliphatic heterocycles. The van der Waals surface area contributed by atoms with Gasteiger partial charge >= 0.3 is 0 Å². The molecule has 0 spiro atoms. The highest BCUT2D eigenvalue weighted by Crippen LogP contribution is 2.29. The third kappa shape index (κ3) is 2.04. The maximum Gasteiger partial charge on any atom is 0.207 e. The minimum absolute atomic E-state index is 0.256. The van der Waals surface area contributed by atoms with Crippen LogP contribution in [-0.2, 0) is 0 Å². The van der Waals surface area contributed by atoms with Gasteiger partial charge in [0.25, 0.3) is 0 Å². The number of hydrogen-bond donors (Lipinski definition) is 0. The van der Waals surface area contributed by atoms with Crippen LogP contribution >= 0.6 is 45.5 Å². The number of benzene rings is 1. The van der Waals surface area contributed by atoms with Crippen LogP contribution in [0.1, 0.15) is 0 Å². The zero-order chi connectivity index (χ0) is 10.1. The lowest BCUT2D eigenvalue weighted by molar-refractivity contribution is 0.627. The van der Waals surface area contributed by atoms with Crippen molar-refractivity contribution >= 4 is 45.5 Å². The van der Waals surface area contributed by atoms with E-state index in [0.717, 1.165) is 9.13 Å². The van der Waals surface area contributed by atoms with Crippen molar-refractivity contribution in [3.05, 3.63) is 32.1 Å². The Morgan fingerprint density at radius 2 is 2.14 bits per heavy atom. The molecule has 72 valence electrons. The van der Waals surface area contributed by atoms with Crippen LogP contribution in [0.15, 0.2) is 18.2 Å². The van der Waals surface area contributed by atoms with Crippen LogP contribution in [0.3, 0.4) is 0 Å². The minimum atomic E-state index is -0.256. The van der Waals surface area contributed by atoms with Crippen LogP contribution in [0.4, 0.5) is 4.39 Å². The molecule has 0 atom stereocenters. The van der Waals surface area contributed by atoms with E-state index in [4.69, 9.17) is 11.6 Å². The van der Waals surface area contributed by atoms with Crippen molar-refractivity contribution in [2.45, 2.75) is 0 Å². The van der Waals surface area contributed by atoms with Crippen molar-refractivity contribution in [2.75, 3.05) is 0 Å². The smallest absolute Gasteiger partial charge is 0.207 e. The van der Waals surface area contributed by atoms with Crippen LogP contribution in [0, 0.1) is 9.39 Å². The van der Waals surface area contributed by atoms with Crippen LogP contribution in [0.25, 0.3) is 10.6 Å². The molecule has 2 aromatic rings. The summed E-state index contributed by atoms with van der Waals surface area (Å²) in [6.45, 7) is 0. The van der Waals surface area contributed by atoms with Crippen molar-refractivity contribution in [3.8, 4) is 10.6 Å². The average Bonchev–Trinajstić information content (AvgIpc) is 2.51. The Bertz CT molecular complexity index is 474. The Morgan fingerprint density at radius 1 is 1.36 bits per heavy atom. The van der Waals surface area contributed by atoms with Gasteiger partial charge in [-0.1, -0.05) is 11.3 Å². The summed E-state index contributed by atoms with van der Waals surface area (Å²) in [4.78, 5) is 0. The molecule has 0 N–H and O–H groups in total. The number of hydrogen-bond acceptors (Lipinski definition) is 3. The standard InChI is InChI=1S/C8H3ClFIN2S/c9-8-13-12-7(14-8)5-2-1-4(10)3-6(5)11/h1-3H. The molecule has 0 aliphatic carbocycles. The first-order valence-corrected chi connectivity index (χ1v) is 5.88. The van der Waals surface area contributed by atoms with E-state index in [1.54, 1.807) is 6.07 Å². The zero-order valence-electron chi connectivity index (χ0n) is 6.67. The Morgan fingerprint density at radius 3 is 2.71 bits per heavy atom. The molecule has 0 saturated heterocycles. The number of rotatable bonds is 1. The lowest BCUT2D eigenvalue weighted by Crippen LogP contribution is -1.84. The van der Waals surface area contributed by atoms with Crippen LogP contribution < -0.4 is 0 Å². The van der Waals surface area contributed by atoms with Gasteiger partial charge in [0.2, 0.25) is 4.47 Å². The van der Waals surface area contributed by atoms with Crippen molar-refractivity contribution in [1.29, 1.82) is 0 Å². The van der Waals surface area contributed by atoms with Crippen molar-refractivity contribution in [1.82, 2.24) is 10.2 Å². The highest BCUT2D eigenvalue weighted by Gasteiger charge is 2.09. The van der Waals surface area contributed by atoms with E-state index in [0.29, 0.717) is 9.47 Å². The molecule has 2 nitrogen and oxygen atoms in total. The summed E-state index contributed by atoms with van der Waals surface area (Å²) in [5, 5.41) is 8.29. The van der Waals surface area contributed by atoms with Crippen molar-refractivity contribution < 1.29 is 4.39 Å². The summed E-state index contributed by atoms with van der Waals surface area (Å²) in [5.41, 5.74) is 0.858. The number of nitrogens with zero attached hydrogens (tertiary/aromatic N) is 2. The molecule has 0 aliphatic rings. The molecule has 0 unspecified atom stereocenters. The molecule has 0 amide bonds. The van der Waals surface area contributed by atoms with E-state index in [9.17, 15) is 4.39 Å². The third-order valence-electron chi connectivity index (χ3n) is 1.56. The molecular formula is C8H3ClFIN2S. The maximum absolute atomic E-state index is 12.8. The molecule has 0 fully saturated rings. The van der Waals surface area contributed by atoms with E-state index < -0.39 is 0 Å². The Kier molecular flexibility index (Phi) is 2.99. The molecular weight excluding hydrogens is 338 g/mol. The first-order valence-electron chi connectivity index (χ1n) is 3.61. The van der Waals surface area contributed by atoms with Gasteiger partial charge in [-0.25, -0.2) is 4.39 Å². The maximum atomic E-state index is 12.8. The second kappa shape index (κ2) is 4.08. The fraction of sp³-hybridized carbons (Fsp3) is 0. The van der Waals surface area contributed by atoms with Crippen LogP contribution in [-0.4, -0.2) is 10.2 Å². The molecule has 0 radical (unpaired) electrons. The van der Waals surface area contributed by atoms with Gasteiger partial charge in [0.05, 0.1) is 0 Å².